The molecule has 4 aliphatic rings. The summed E-state index contributed by atoms with van der Waals surface area (Å²) in [5, 5.41) is 103. The molecule has 2 aliphatic carbocycles. The highest BCUT2D eigenvalue weighted by atomic mass is 32.2. The van der Waals surface area contributed by atoms with Gasteiger partial charge in [-0.05, 0) is 122 Å². The summed E-state index contributed by atoms with van der Waals surface area (Å²) in [7, 11) is 0. The molecule has 0 spiro atoms. The van der Waals surface area contributed by atoms with Crippen molar-refractivity contribution < 1.29 is 98.2 Å². The molecule has 4 fully saturated rings. The molecule has 14 N–H and O–H groups in total. The maximum absolute atomic E-state index is 13.0. The number of carboxylic acids is 2. The molecule has 2 unspecified atom stereocenters. The van der Waals surface area contributed by atoms with Crippen LogP contribution in [0, 0.1) is 0 Å². The molecule has 12 atom stereocenters. The summed E-state index contributed by atoms with van der Waals surface area (Å²) in [6.07, 6.45) is -3.05. The Morgan fingerprint density at radius 1 is 0.489 bits per heavy atom. The van der Waals surface area contributed by atoms with Gasteiger partial charge in [0.05, 0.1) is 49.7 Å². The van der Waals surface area contributed by atoms with Crippen LogP contribution in [0.15, 0.2) is 72.8 Å². The number of carbonyl (C=O) groups is 8. The third-order valence-corrected chi connectivity index (χ3v) is 19.6. The Bertz CT molecular complexity index is 2780. The fourth-order valence-electron chi connectivity index (χ4n) is 12.3. The Morgan fingerprint density at radius 3 is 1.13 bits per heavy atom. The molecule has 26 nitrogen and oxygen atoms in total. The number of hydrogen-bond donors (Lipinski definition) is 14. The van der Waals surface area contributed by atoms with Gasteiger partial charge in [-0.3, -0.25) is 28.8 Å². The first-order valence-electron chi connectivity index (χ1n) is 32.3. The third kappa shape index (κ3) is 21.4. The van der Waals surface area contributed by atoms with Gasteiger partial charge in [-0.25, -0.2) is 9.59 Å². The maximum Gasteiger partial charge on any atom is 0.364 e. The first-order valence-corrected chi connectivity index (χ1v) is 34.6. The minimum atomic E-state index is -2.47. The van der Waals surface area contributed by atoms with Gasteiger partial charge in [0.15, 0.2) is 0 Å². The summed E-state index contributed by atoms with van der Waals surface area (Å²) in [4.78, 5) is 102. The Morgan fingerprint density at radius 2 is 0.809 bits per heavy atom. The van der Waals surface area contributed by atoms with Gasteiger partial charge in [0.25, 0.3) is 35.2 Å². The molecule has 28 heteroatoms. The molecule has 2 aliphatic heterocycles. The quantitative estimate of drug-likeness (QED) is 0.0382. The molecule has 6 amide bonds. The average Bonchev–Trinajstić information content (AvgIpc) is 0.777. The van der Waals surface area contributed by atoms with Gasteiger partial charge in [0.1, 0.15) is 24.4 Å². The number of rotatable bonds is 34. The summed E-state index contributed by atoms with van der Waals surface area (Å²) in [5.74, 6) is -8.52. The Kier molecular flexibility index (Phi) is 29.3. The first-order chi connectivity index (χ1) is 45.0. The van der Waals surface area contributed by atoms with Crippen LogP contribution in [0.2, 0.25) is 0 Å². The number of amides is 6. The first kappa shape index (κ1) is 75.1. The number of carbonyl (C=O) groups excluding carboxylic acids is 6. The molecule has 2 saturated carbocycles. The third-order valence-electron chi connectivity index (χ3n) is 17.5. The van der Waals surface area contributed by atoms with E-state index in [1.165, 1.54) is 60.6 Å². The van der Waals surface area contributed by atoms with Gasteiger partial charge in [-0.1, -0.05) is 62.8 Å². The average molecular weight is 1350 g/mol. The number of aliphatic hydroxyl groups excluding tert-OH is 6. The van der Waals surface area contributed by atoms with Gasteiger partial charge in [-0.2, -0.15) is 23.5 Å². The van der Waals surface area contributed by atoms with E-state index in [9.17, 15) is 79.2 Å². The molecule has 2 heterocycles. The smallest absolute Gasteiger partial charge is 0.364 e. The van der Waals surface area contributed by atoms with E-state index < -0.39 is 134 Å². The normalized spacial score (nSPS) is 24.7. The van der Waals surface area contributed by atoms with Crippen molar-refractivity contribution in [2.45, 2.75) is 188 Å². The van der Waals surface area contributed by atoms with Crippen molar-refractivity contribution in [3.63, 3.8) is 0 Å². The number of ether oxygens (including phenoxy) is 4. The Labute approximate surface area is 555 Å². The summed E-state index contributed by atoms with van der Waals surface area (Å²) in [6.45, 7) is 1.55. The van der Waals surface area contributed by atoms with Crippen molar-refractivity contribution in [2.75, 3.05) is 62.4 Å². The van der Waals surface area contributed by atoms with Crippen molar-refractivity contribution in [3.8, 4) is 0 Å². The molecule has 0 bridgehead atoms. The summed E-state index contributed by atoms with van der Waals surface area (Å²) >= 11 is 2.86. The summed E-state index contributed by atoms with van der Waals surface area (Å²) in [5.41, 5.74) is 3.58. The summed E-state index contributed by atoms with van der Waals surface area (Å²) < 4.78 is 23.2. The van der Waals surface area contributed by atoms with Crippen molar-refractivity contribution in [1.29, 1.82) is 0 Å². The van der Waals surface area contributed by atoms with Crippen LogP contribution in [0.4, 0.5) is 0 Å². The number of thioether (sulfide) groups is 2. The van der Waals surface area contributed by atoms with E-state index in [2.05, 4.69) is 31.9 Å². The van der Waals surface area contributed by atoms with Crippen LogP contribution < -0.4 is 31.9 Å². The molecule has 2 saturated heterocycles. The van der Waals surface area contributed by atoms with E-state index >= 15 is 0 Å². The number of hydrogen-bond acceptors (Lipinski definition) is 20. The van der Waals surface area contributed by atoms with Gasteiger partial charge in [0.2, 0.25) is 11.8 Å². The molecule has 0 radical (unpaired) electrons. The lowest BCUT2D eigenvalue weighted by atomic mass is 9.84. The van der Waals surface area contributed by atoms with Gasteiger partial charge in [-0.15, -0.1) is 0 Å². The number of nitrogens with one attached hydrogen (secondary N) is 6. The van der Waals surface area contributed by atoms with E-state index in [0.717, 1.165) is 76.3 Å². The van der Waals surface area contributed by atoms with Crippen molar-refractivity contribution in [1.82, 2.24) is 31.9 Å². The number of aliphatic carboxylic acids is 2. The molecule has 7 rings (SSSR count). The molecular weight excluding hydrogens is 1260 g/mol. The fourth-order valence-corrected chi connectivity index (χ4v) is 13.9. The zero-order chi connectivity index (χ0) is 68.0. The maximum atomic E-state index is 13.0. The second-order valence-electron chi connectivity index (χ2n) is 24.4. The Hall–Kier alpha value is -6.28. The van der Waals surface area contributed by atoms with Crippen LogP contribution in [0.25, 0.3) is 0 Å². The molecule has 3 aromatic rings. The SMILES string of the molecule is CC(=O)N[C@@H]1[C@@H](O)C[C@](OCCCSCCNC(=O)c2ccc(C(=O)NCCSCCCO[C@]3(C(=O)O)C[C@H](O)[C@@H](NC(C)=O)[C@H](C(O)[C@H](O)CNC(=O)c4ccc(C5CCCCC5)cc4)O3)cc2)(C(=O)O)O[C@H]1C(O)[C@H](O)CNC(=O)c1ccc(C2CCCCC2)cc1. The Balaban J connectivity index is 0.769. The van der Waals surface area contributed by atoms with E-state index in [4.69, 9.17) is 18.9 Å². The van der Waals surface area contributed by atoms with Crippen molar-refractivity contribution >= 4 is 70.9 Å². The van der Waals surface area contributed by atoms with E-state index in [0.29, 0.717) is 69.9 Å². The molecule has 518 valence electrons. The number of carboxylic acid groups (broad SMARTS) is 2. The van der Waals surface area contributed by atoms with E-state index in [-0.39, 0.29) is 38.1 Å². The molecule has 0 aromatic heterocycles. The lowest BCUT2D eigenvalue weighted by molar-refractivity contribution is -0.310. The molecular formula is C66H92N6O20S2. The second-order valence-corrected chi connectivity index (χ2v) is 26.9. The van der Waals surface area contributed by atoms with Crippen LogP contribution in [0.1, 0.15) is 168 Å². The zero-order valence-corrected chi connectivity index (χ0v) is 54.8. The summed E-state index contributed by atoms with van der Waals surface area (Å²) in [6, 6.07) is 17.7. The van der Waals surface area contributed by atoms with Crippen LogP contribution in [0.5, 0.6) is 0 Å². The van der Waals surface area contributed by atoms with Gasteiger partial charge in [0, 0.05) is 86.6 Å². The predicted molar refractivity (Wildman–Crippen MR) is 347 cm³/mol. The molecule has 3 aromatic carbocycles. The zero-order valence-electron chi connectivity index (χ0n) is 53.1. The second kappa shape index (κ2) is 36.7. The van der Waals surface area contributed by atoms with Crippen LogP contribution in [-0.4, -0.2) is 223 Å². The largest absolute Gasteiger partial charge is 0.477 e. The number of benzene rings is 3. The van der Waals surface area contributed by atoms with Crippen LogP contribution in [0.3, 0.4) is 0 Å². The highest BCUT2D eigenvalue weighted by Gasteiger charge is 2.57. The predicted octanol–water partition coefficient (Wildman–Crippen LogP) is 2.70. The van der Waals surface area contributed by atoms with Gasteiger partial charge < -0.3 is 91.7 Å². The van der Waals surface area contributed by atoms with Crippen LogP contribution >= 0.6 is 23.5 Å². The minimum absolute atomic E-state index is 0.172. The molecule has 94 heavy (non-hydrogen) atoms. The minimum Gasteiger partial charge on any atom is -0.477 e. The fraction of sp³-hybridized carbons (Fsp3) is 0.606. The van der Waals surface area contributed by atoms with Crippen molar-refractivity contribution in [2.24, 2.45) is 0 Å². The van der Waals surface area contributed by atoms with Gasteiger partial charge >= 0.3 is 11.9 Å². The van der Waals surface area contributed by atoms with Crippen molar-refractivity contribution in [3.05, 3.63) is 106 Å². The van der Waals surface area contributed by atoms with E-state index in [1.54, 1.807) is 24.3 Å². The van der Waals surface area contributed by atoms with Crippen LogP contribution in [-0.2, 0) is 38.1 Å². The van der Waals surface area contributed by atoms with E-state index in [1.807, 2.05) is 24.3 Å². The lowest BCUT2D eigenvalue weighted by Gasteiger charge is -2.46. The number of aliphatic hydroxyl groups is 6. The highest BCUT2D eigenvalue weighted by Crippen LogP contribution is 2.37. The lowest BCUT2D eigenvalue weighted by Crippen LogP contribution is -2.68. The standard InChI is InChI=1S/C66H92N6O20S2/c1-39(73)71-53-49(75)35-65(63(85)86,91-57(53)55(79)51(77)37-69-61(83)47-19-15-43(16-20-47)41-11-5-3-6-12-41)89-29-9-31-93-33-27-67-59(81)45-23-25-46(26-24-45)60(82)68-28-34-94-32-10-30-90-66(64(87)88)36-50(76)54(72-40(2)74)58(92-66)56(80)52(78)38-70-62(84)48-21-17-44(18-22-48)42-13-7-4-8-14-42/h15-26,41-42,49-58,75-80H,3-14,27-38H2,1-2H3,(H,67,81)(H,68,82)(H,69,83)(H,70,84)(H,71,73)(H,72,74)(H,85,86)(H,87,88)/t49-,50-,51+,52+,53+,54+,55?,56?,57+,58+,65+,66+/m0/s1. The topological polar surface area (TPSA) is 408 Å². The monoisotopic (exact) mass is 1350 g/mol. The highest BCUT2D eigenvalue weighted by molar-refractivity contribution is 7.99.